The van der Waals surface area contributed by atoms with E-state index >= 15 is 0 Å². The van der Waals surface area contributed by atoms with Gasteiger partial charge in [-0.15, -0.1) is 0 Å². The average molecular weight is 725 g/mol. The van der Waals surface area contributed by atoms with Gasteiger partial charge in [-0.05, 0) is 95.0 Å². The molecule has 2 aliphatic rings. The third-order valence-electron chi connectivity index (χ3n) is 11.6. The fourth-order valence-corrected chi connectivity index (χ4v) is 10.8. The lowest BCUT2D eigenvalue weighted by molar-refractivity contribution is 0.590. The van der Waals surface area contributed by atoms with E-state index in [0.29, 0.717) is 0 Å². The maximum absolute atomic E-state index is 6.64. The van der Waals surface area contributed by atoms with Crippen LogP contribution in [0, 0.1) is 6.92 Å². The number of rotatable bonds is 4. The van der Waals surface area contributed by atoms with Gasteiger partial charge in [0, 0.05) is 44.9 Å². The Bertz CT molecular complexity index is 2590. The molecule has 0 fully saturated rings. The lowest BCUT2D eigenvalue weighted by Gasteiger charge is -2.45. The zero-order chi connectivity index (χ0) is 37.2. The lowest BCUT2D eigenvalue weighted by atomic mass is 9.33. The van der Waals surface area contributed by atoms with Crippen LogP contribution in [0.5, 0.6) is 0 Å². The van der Waals surface area contributed by atoms with Gasteiger partial charge in [0.15, 0.2) is 0 Å². The van der Waals surface area contributed by atoms with Crippen molar-refractivity contribution in [2.24, 2.45) is 0 Å². The third-order valence-corrected chi connectivity index (χ3v) is 15.7. The quantitative estimate of drug-likeness (QED) is 0.169. The van der Waals surface area contributed by atoms with Gasteiger partial charge in [0.05, 0.1) is 16.1 Å². The first-order chi connectivity index (χ1) is 25.1. The Morgan fingerprint density at radius 2 is 1.09 bits per heavy atom. The van der Waals surface area contributed by atoms with Crippen LogP contribution in [0.4, 0.5) is 34.1 Å². The van der Waals surface area contributed by atoms with Crippen LogP contribution in [-0.4, -0.2) is 22.9 Å². The molecule has 0 amide bonds. The van der Waals surface area contributed by atoms with Crippen molar-refractivity contribution in [2.75, 3.05) is 9.80 Å². The molecule has 1 aromatic heterocycles. The molecule has 2 aliphatic heterocycles. The summed E-state index contributed by atoms with van der Waals surface area (Å²) < 4.78 is 6.64. The zero-order valence-electron chi connectivity index (χ0n) is 32.8. The Morgan fingerprint density at radius 1 is 0.528 bits per heavy atom. The molecule has 264 valence electrons. The predicted octanol–water partition coefficient (Wildman–Crippen LogP) is 10.4. The Labute approximate surface area is 317 Å². The summed E-state index contributed by atoms with van der Waals surface area (Å²) in [5.74, 6) is 0. The molecular weight excluding hydrogens is 676 g/mol. The van der Waals surface area contributed by atoms with Crippen LogP contribution in [0.1, 0.15) is 31.9 Å². The number of furan rings is 1. The van der Waals surface area contributed by atoms with Gasteiger partial charge < -0.3 is 14.2 Å². The number of benzene rings is 6. The Balaban J connectivity index is 1.43. The second kappa shape index (κ2) is 11.6. The molecule has 0 radical (unpaired) electrons. The predicted molar refractivity (Wildman–Crippen MR) is 237 cm³/mol. The van der Waals surface area contributed by atoms with Crippen molar-refractivity contribution >= 4 is 106 Å². The van der Waals surface area contributed by atoms with Gasteiger partial charge in [-0.3, -0.25) is 0 Å². The molecule has 0 atom stereocenters. The number of anilines is 6. The highest BCUT2D eigenvalue weighted by Gasteiger charge is 2.45. The van der Waals surface area contributed by atoms with Gasteiger partial charge in [0.25, 0.3) is 6.71 Å². The number of fused-ring (bicyclic) bond motifs is 7. The zero-order valence-corrected chi connectivity index (χ0v) is 34.8. The van der Waals surface area contributed by atoms with Crippen LogP contribution in [-0.2, 0) is 5.41 Å². The van der Waals surface area contributed by atoms with E-state index in [9.17, 15) is 0 Å². The molecule has 0 saturated carbocycles. The summed E-state index contributed by atoms with van der Waals surface area (Å²) in [6.07, 6.45) is 0. The summed E-state index contributed by atoms with van der Waals surface area (Å²) in [4.78, 5) is 5.11. The summed E-state index contributed by atoms with van der Waals surface area (Å²) in [7, 11) is -3.14. The van der Waals surface area contributed by atoms with Crippen LogP contribution in [0.15, 0.2) is 120 Å². The van der Waals surface area contributed by atoms with Gasteiger partial charge in [0.1, 0.15) is 11.2 Å². The molecule has 53 heavy (non-hydrogen) atoms. The van der Waals surface area contributed by atoms with E-state index in [0.717, 1.165) is 21.9 Å². The maximum Gasteiger partial charge on any atom is 0.252 e. The van der Waals surface area contributed by atoms with Gasteiger partial charge >= 0.3 is 0 Å². The molecule has 0 bridgehead atoms. The van der Waals surface area contributed by atoms with Crippen LogP contribution < -0.4 is 36.6 Å². The van der Waals surface area contributed by atoms with Crippen molar-refractivity contribution in [3.63, 3.8) is 0 Å². The third kappa shape index (κ3) is 5.44. The minimum atomic E-state index is -1.66. The van der Waals surface area contributed by atoms with E-state index < -0.39 is 16.1 Å². The smallest absolute Gasteiger partial charge is 0.252 e. The second-order valence-electron chi connectivity index (χ2n) is 18.4. The molecule has 6 aromatic carbocycles. The van der Waals surface area contributed by atoms with Crippen molar-refractivity contribution in [3.8, 4) is 0 Å². The molecule has 0 spiro atoms. The minimum Gasteiger partial charge on any atom is -0.456 e. The number of para-hydroxylation sites is 1. The first-order valence-electron chi connectivity index (χ1n) is 19.1. The largest absolute Gasteiger partial charge is 0.456 e. The molecule has 7 aromatic rings. The first kappa shape index (κ1) is 34.0. The van der Waals surface area contributed by atoms with Gasteiger partial charge in [0.2, 0.25) is 0 Å². The fraction of sp³-hybridized carbons (Fsp3) is 0.234. The molecule has 0 unspecified atom stereocenters. The van der Waals surface area contributed by atoms with E-state index in [4.69, 9.17) is 4.42 Å². The molecule has 0 aliphatic carbocycles. The summed E-state index contributed by atoms with van der Waals surface area (Å²) in [5, 5.41) is 5.27. The fourth-order valence-electron chi connectivity index (χ4n) is 8.48. The molecule has 3 nitrogen and oxygen atoms in total. The highest BCUT2D eigenvalue weighted by atomic mass is 28.3. The van der Waals surface area contributed by atoms with E-state index in [1.165, 1.54) is 72.0 Å². The van der Waals surface area contributed by atoms with Crippen LogP contribution in [0.25, 0.3) is 21.9 Å². The molecule has 0 saturated heterocycles. The summed E-state index contributed by atoms with van der Waals surface area (Å²) in [6, 6.07) is 44.2. The number of nitrogens with zero attached hydrogens (tertiary/aromatic N) is 2. The second-order valence-corrected chi connectivity index (χ2v) is 28.6. The Hall–Kier alpha value is -4.78. The standard InChI is InChI=1S/C47H49BN2OSi2/c1-30-15-17-32(18-16-30)50-41-28-37-36-13-11-12-14-44(36)51-45(37)29-39(41)48-38-27-35(53(8,9)10)23-24-40(38)49(33-19-21-34(22-20-33)52(5,6)7)42-25-31(47(2,3)4)26-43(50)46(42)48/h11-29H,1-10H3. The van der Waals surface area contributed by atoms with Crippen molar-refractivity contribution in [2.45, 2.75) is 72.4 Å². The molecule has 0 N–H and O–H groups in total. The molecule has 6 heteroatoms. The van der Waals surface area contributed by atoms with Gasteiger partial charge in [-0.2, -0.15) is 0 Å². The van der Waals surface area contributed by atoms with Gasteiger partial charge in [-0.1, -0.05) is 131 Å². The first-order valence-corrected chi connectivity index (χ1v) is 26.1. The van der Waals surface area contributed by atoms with Crippen molar-refractivity contribution < 1.29 is 4.42 Å². The van der Waals surface area contributed by atoms with E-state index in [1.54, 1.807) is 0 Å². The van der Waals surface area contributed by atoms with Gasteiger partial charge in [-0.25, -0.2) is 0 Å². The summed E-state index contributed by atoms with van der Waals surface area (Å²) in [5.41, 5.74) is 15.8. The number of hydrogen-bond acceptors (Lipinski definition) is 3. The van der Waals surface area contributed by atoms with Crippen molar-refractivity contribution in [1.82, 2.24) is 0 Å². The molecule has 3 heterocycles. The minimum absolute atomic E-state index is 0.0344. The Morgan fingerprint density at radius 3 is 1.72 bits per heavy atom. The van der Waals surface area contributed by atoms with Crippen LogP contribution in [0.3, 0.4) is 0 Å². The van der Waals surface area contributed by atoms with Crippen molar-refractivity contribution in [1.29, 1.82) is 0 Å². The highest BCUT2D eigenvalue weighted by Crippen LogP contribution is 2.47. The van der Waals surface area contributed by atoms with Crippen LogP contribution in [0.2, 0.25) is 39.3 Å². The number of hydrogen-bond donors (Lipinski definition) is 0. The van der Waals surface area contributed by atoms with Crippen LogP contribution >= 0.6 is 0 Å². The topological polar surface area (TPSA) is 19.6 Å². The molecular formula is C47H49BN2OSi2. The maximum atomic E-state index is 6.64. The van der Waals surface area contributed by atoms with Crippen molar-refractivity contribution in [3.05, 3.63) is 126 Å². The SMILES string of the molecule is Cc1ccc(N2c3cc4c(cc3B3c5cc([Si](C)(C)C)ccc5N(c5ccc([Si](C)(C)C)cc5)c5cc(C(C)(C)C)cc2c53)oc2ccccc24)cc1. The normalized spacial score (nSPS) is 14.1. The van der Waals surface area contributed by atoms with E-state index in [1.807, 2.05) is 0 Å². The average Bonchev–Trinajstić information content (AvgIpc) is 3.47. The summed E-state index contributed by atoms with van der Waals surface area (Å²) in [6.45, 7) is 23.9. The van der Waals surface area contributed by atoms with E-state index in [-0.39, 0.29) is 12.1 Å². The Kier molecular flexibility index (Phi) is 7.45. The highest BCUT2D eigenvalue weighted by molar-refractivity contribution is 7.01. The van der Waals surface area contributed by atoms with E-state index in [2.05, 4.69) is 192 Å². The number of aryl methyl sites for hydroxylation is 1. The summed E-state index contributed by atoms with van der Waals surface area (Å²) >= 11 is 0. The lowest BCUT2D eigenvalue weighted by Crippen LogP contribution is -2.62. The molecule has 9 rings (SSSR count). The monoisotopic (exact) mass is 724 g/mol.